The molecule has 0 atom stereocenters. The second-order valence-corrected chi connectivity index (χ2v) is 4.11. The van der Waals surface area contributed by atoms with Crippen LogP contribution in [0.5, 0.6) is 0 Å². The lowest BCUT2D eigenvalue weighted by atomic mass is 10.4. The van der Waals surface area contributed by atoms with Gasteiger partial charge in [0.1, 0.15) is 0 Å². The number of halogens is 1. The van der Waals surface area contributed by atoms with E-state index in [1.807, 2.05) is 24.3 Å². The molecule has 0 heterocycles. The third-order valence-corrected chi connectivity index (χ3v) is 2.57. The predicted octanol–water partition coefficient (Wildman–Crippen LogP) is 3.14. The molecule has 0 aromatic heterocycles. The van der Waals surface area contributed by atoms with Gasteiger partial charge < -0.3 is 5.11 Å². The van der Waals surface area contributed by atoms with Gasteiger partial charge in [0.2, 0.25) is 0 Å². The van der Waals surface area contributed by atoms with Gasteiger partial charge in [0.05, 0.1) is 0 Å². The van der Waals surface area contributed by atoms with Crippen molar-refractivity contribution in [3.63, 3.8) is 0 Å². The van der Waals surface area contributed by atoms with E-state index in [4.69, 9.17) is 5.11 Å². The predicted molar refractivity (Wildman–Crippen MR) is 56.8 cm³/mol. The fraction of sp³-hybridized carbons (Fsp3) is 0. The molecule has 0 radical (unpaired) electrons. The van der Waals surface area contributed by atoms with Crippen molar-refractivity contribution < 1.29 is 9.90 Å². The lowest BCUT2D eigenvalue weighted by molar-refractivity contribution is -0.131. The Kier molecular flexibility index (Phi) is 4.05. The number of carboxylic acid groups (broad SMARTS) is 1. The zero-order valence-electron chi connectivity index (χ0n) is 6.61. The minimum atomic E-state index is -0.926. The van der Waals surface area contributed by atoms with Crippen LogP contribution in [-0.2, 0) is 4.79 Å². The summed E-state index contributed by atoms with van der Waals surface area (Å²) in [7, 11) is 0. The molecule has 0 saturated heterocycles. The average Bonchev–Trinajstić information content (AvgIpc) is 2.08. The van der Waals surface area contributed by atoms with E-state index in [1.54, 1.807) is 5.41 Å². The fourth-order valence-corrected chi connectivity index (χ4v) is 1.58. The first-order valence-corrected chi connectivity index (χ1v) is 5.17. The number of hydrogen-bond acceptors (Lipinski definition) is 2. The third-order valence-electron chi connectivity index (χ3n) is 1.23. The van der Waals surface area contributed by atoms with Crippen molar-refractivity contribution in [2.75, 3.05) is 0 Å². The number of carbonyl (C=O) groups is 1. The van der Waals surface area contributed by atoms with E-state index in [0.717, 1.165) is 15.4 Å². The van der Waals surface area contributed by atoms with Gasteiger partial charge in [0.25, 0.3) is 0 Å². The summed E-state index contributed by atoms with van der Waals surface area (Å²) in [5.41, 5.74) is 0. The molecule has 0 aliphatic carbocycles. The van der Waals surface area contributed by atoms with Crippen LogP contribution >= 0.6 is 27.7 Å². The Morgan fingerprint density at radius 2 is 2.00 bits per heavy atom. The monoisotopic (exact) mass is 258 g/mol. The highest BCUT2D eigenvalue weighted by molar-refractivity contribution is 9.10. The van der Waals surface area contributed by atoms with E-state index < -0.39 is 5.97 Å². The Labute approximate surface area is 88.8 Å². The first kappa shape index (κ1) is 10.3. The molecule has 0 saturated carbocycles. The van der Waals surface area contributed by atoms with Gasteiger partial charge in [-0.2, -0.15) is 0 Å². The lowest BCUT2D eigenvalue weighted by Gasteiger charge is -1.94. The molecule has 2 nitrogen and oxygen atoms in total. The second kappa shape index (κ2) is 5.09. The smallest absolute Gasteiger partial charge is 0.328 e. The minimum Gasteiger partial charge on any atom is -0.478 e. The van der Waals surface area contributed by atoms with Crippen LogP contribution in [0.15, 0.2) is 45.1 Å². The molecule has 1 rings (SSSR count). The van der Waals surface area contributed by atoms with E-state index >= 15 is 0 Å². The standard InChI is InChI=1S/C9H7BrO2S/c10-7-1-3-8(4-2-7)13-6-5-9(11)12/h1-6H,(H,11,12)/b6-5-. The van der Waals surface area contributed by atoms with Crippen LogP contribution in [0.1, 0.15) is 0 Å². The van der Waals surface area contributed by atoms with E-state index in [2.05, 4.69) is 15.9 Å². The number of aliphatic carboxylic acids is 1. The molecular weight excluding hydrogens is 252 g/mol. The van der Waals surface area contributed by atoms with Crippen molar-refractivity contribution in [1.29, 1.82) is 0 Å². The van der Waals surface area contributed by atoms with Crippen LogP contribution in [-0.4, -0.2) is 11.1 Å². The molecule has 13 heavy (non-hydrogen) atoms. The van der Waals surface area contributed by atoms with Crippen molar-refractivity contribution in [2.45, 2.75) is 4.90 Å². The molecule has 0 bridgehead atoms. The van der Waals surface area contributed by atoms with Gasteiger partial charge in [-0.1, -0.05) is 27.7 Å². The first-order valence-electron chi connectivity index (χ1n) is 3.50. The molecule has 1 aromatic carbocycles. The topological polar surface area (TPSA) is 37.3 Å². The Balaban J connectivity index is 2.55. The highest BCUT2D eigenvalue weighted by atomic mass is 79.9. The van der Waals surface area contributed by atoms with E-state index in [1.165, 1.54) is 11.8 Å². The van der Waals surface area contributed by atoms with Crippen molar-refractivity contribution in [1.82, 2.24) is 0 Å². The number of hydrogen-bond donors (Lipinski definition) is 1. The maximum absolute atomic E-state index is 10.1. The normalized spacial score (nSPS) is 10.5. The van der Waals surface area contributed by atoms with E-state index in [9.17, 15) is 4.79 Å². The summed E-state index contributed by atoms with van der Waals surface area (Å²) in [6.07, 6.45) is 1.12. The summed E-state index contributed by atoms with van der Waals surface area (Å²) >= 11 is 4.69. The molecule has 0 aliphatic heterocycles. The van der Waals surface area contributed by atoms with E-state index in [0.29, 0.717) is 0 Å². The van der Waals surface area contributed by atoms with Crippen molar-refractivity contribution in [2.24, 2.45) is 0 Å². The van der Waals surface area contributed by atoms with Gasteiger partial charge in [-0.15, -0.1) is 0 Å². The highest BCUT2D eigenvalue weighted by Crippen LogP contribution is 2.21. The number of benzene rings is 1. The summed E-state index contributed by atoms with van der Waals surface area (Å²) in [4.78, 5) is 11.2. The molecule has 4 heteroatoms. The number of carboxylic acids is 1. The molecule has 1 N–H and O–H groups in total. The number of thioether (sulfide) groups is 1. The van der Waals surface area contributed by atoms with Gasteiger partial charge in [-0.25, -0.2) is 4.79 Å². The second-order valence-electron chi connectivity index (χ2n) is 2.21. The zero-order valence-corrected chi connectivity index (χ0v) is 9.01. The quantitative estimate of drug-likeness (QED) is 0.669. The summed E-state index contributed by atoms with van der Waals surface area (Å²) in [5.74, 6) is -0.926. The van der Waals surface area contributed by atoms with Crippen LogP contribution in [0.25, 0.3) is 0 Å². The zero-order chi connectivity index (χ0) is 9.68. The average molecular weight is 259 g/mol. The van der Waals surface area contributed by atoms with Crippen molar-refractivity contribution in [3.05, 3.63) is 40.2 Å². The van der Waals surface area contributed by atoms with Gasteiger partial charge in [0, 0.05) is 15.4 Å². The Morgan fingerprint density at radius 3 is 2.54 bits per heavy atom. The molecule has 0 spiro atoms. The molecular formula is C9H7BrO2S. The van der Waals surface area contributed by atoms with Gasteiger partial charge >= 0.3 is 5.97 Å². The fourth-order valence-electron chi connectivity index (χ4n) is 0.684. The highest BCUT2D eigenvalue weighted by Gasteiger charge is 1.91. The molecule has 0 unspecified atom stereocenters. The van der Waals surface area contributed by atoms with Gasteiger partial charge in [0.15, 0.2) is 0 Å². The van der Waals surface area contributed by atoms with Crippen LogP contribution in [0, 0.1) is 0 Å². The Hall–Kier alpha value is -0.740. The SMILES string of the molecule is O=C(O)/C=C\Sc1ccc(Br)cc1. The minimum absolute atomic E-state index is 0.926. The number of rotatable bonds is 3. The summed E-state index contributed by atoms with van der Waals surface area (Å²) in [6, 6.07) is 7.66. The van der Waals surface area contributed by atoms with Crippen LogP contribution < -0.4 is 0 Å². The summed E-state index contributed by atoms with van der Waals surface area (Å²) in [6.45, 7) is 0. The molecule has 0 amide bonds. The van der Waals surface area contributed by atoms with Crippen molar-refractivity contribution in [3.8, 4) is 0 Å². The Bertz CT molecular complexity index is 319. The molecule has 68 valence electrons. The lowest BCUT2D eigenvalue weighted by Crippen LogP contribution is -1.84. The molecule has 1 aromatic rings. The third kappa shape index (κ3) is 4.15. The molecule has 0 aliphatic rings. The Morgan fingerprint density at radius 1 is 1.38 bits per heavy atom. The van der Waals surface area contributed by atoms with Crippen LogP contribution in [0.3, 0.4) is 0 Å². The van der Waals surface area contributed by atoms with Gasteiger partial charge in [-0.05, 0) is 29.7 Å². The van der Waals surface area contributed by atoms with Crippen molar-refractivity contribution >= 4 is 33.7 Å². The maximum Gasteiger partial charge on any atom is 0.328 e. The van der Waals surface area contributed by atoms with Crippen LogP contribution in [0.4, 0.5) is 0 Å². The summed E-state index contributed by atoms with van der Waals surface area (Å²) < 4.78 is 1.01. The summed E-state index contributed by atoms with van der Waals surface area (Å²) in [5, 5.41) is 9.88. The van der Waals surface area contributed by atoms with Crippen LogP contribution in [0.2, 0.25) is 0 Å². The maximum atomic E-state index is 10.1. The first-order chi connectivity index (χ1) is 6.18. The largest absolute Gasteiger partial charge is 0.478 e. The van der Waals surface area contributed by atoms with Gasteiger partial charge in [-0.3, -0.25) is 0 Å². The molecule has 0 fully saturated rings. The van der Waals surface area contributed by atoms with E-state index in [-0.39, 0.29) is 0 Å².